The molecule has 2 aliphatic heterocycles. The number of halogens is 2. The molecule has 3 rings (SSSR count). The second-order valence-electron chi connectivity index (χ2n) is 5.20. The molecule has 2 aliphatic rings. The molecule has 2 unspecified atom stereocenters. The molecule has 2 saturated heterocycles. The van der Waals surface area contributed by atoms with Gasteiger partial charge in [-0.25, -0.2) is 4.39 Å². The molecule has 2 fully saturated rings. The van der Waals surface area contributed by atoms with Gasteiger partial charge in [0.2, 0.25) is 0 Å². The van der Waals surface area contributed by atoms with E-state index < -0.39 is 11.4 Å². The molecule has 4 heteroatoms. The first-order valence-electron chi connectivity index (χ1n) is 6.01. The number of hydrogen-bond donors (Lipinski definition) is 2. The van der Waals surface area contributed by atoms with Crippen LogP contribution in [0.4, 0.5) is 4.39 Å². The summed E-state index contributed by atoms with van der Waals surface area (Å²) in [6, 6.07) is 5.16. The van der Waals surface area contributed by atoms with Gasteiger partial charge in [-0.1, -0.05) is 17.7 Å². The van der Waals surface area contributed by atoms with Gasteiger partial charge in [0, 0.05) is 22.7 Å². The molecule has 0 aromatic heterocycles. The van der Waals surface area contributed by atoms with Crippen molar-refractivity contribution < 1.29 is 9.50 Å². The Labute approximate surface area is 105 Å². The molecule has 92 valence electrons. The van der Waals surface area contributed by atoms with Gasteiger partial charge < -0.3 is 10.4 Å². The lowest BCUT2D eigenvalue weighted by molar-refractivity contribution is -0.0143. The van der Waals surface area contributed by atoms with Gasteiger partial charge in [-0.3, -0.25) is 0 Å². The normalized spacial score (nSPS) is 36.2. The highest BCUT2D eigenvalue weighted by atomic mass is 35.5. The maximum atomic E-state index is 13.9. The van der Waals surface area contributed by atoms with E-state index in [0.29, 0.717) is 35.5 Å². The Balaban J connectivity index is 1.97. The molecule has 2 heterocycles. The Morgan fingerprint density at radius 2 is 1.94 bits per heavy atom. The summed E-state index contributed by atoms with van der Waals surface area (Å²) in [7, 11) is 0. The molecule has 17 heavy (non-hydrogen) atoms. The van der Waals surface area contributed by atoms with Crippen LogP contribution in [0.5, 0.6) is 0 Å². The highest BCUT2D eigenvalue weighted by Gasteiger charge is 2.44. The lowest BCUT2D eigenvalue weighted by Crippen LogP contribution is -2.47. The topological polar surface area (TPSA) is 32.3 Å². The van der Waals surface area contributed by atoms with Gasteiger partial charge in [0.1, 0.15) is 5.82 Å². The van der Waals surface area contributed by atoms with Crippen LogP contribution < -0.4 is 5.32 Å². The minimum absolute atomic E-state index is 0.314. The Bertz CT molecular complexity index is 439. The van der Waals surface area contributed by atoms with E-state index in [2.05, 4.69) is 5.32 Å². The zero-order valence-electron chi connectivity index (χ0n) is 9.42. The van der Waals surface area contributed by atoms with E-state index >= 15 is 0 Å². The zero-order chi connectivity index (χ0) is 12.0. The van der Waals surface area contributed by atoms with Crippen molar-refractivity contribution in [3.05, 3.63) is 34.6 Å². The zero-order valence-corrected chi connectivity index (χ0v) is 10.2. The van der Waals surface area contributed by atoms with Crippen LogP contribution in [0.1, 0.15) is 31.2 Å². The summed E-state index contributed by atoms with van der Waals surface area (Å²) >= 11 is 5.74. The fourth-order valence-corrected chi connectivity index (χ4v) is 3.37. The lowest BCUT2D eigenvalue weighted by atomic mass is 9.81. The molecular weight excluding hydrogens is 241 g/mol. The van der Waals surface area contributed by atoms with Crippen LogP contribution in [0, 0.1) is 5.82 Å². The van der Waals surface area contributed by atoms with Crippen LogP contribution in [0.2, 0.25) is 5.02 Å². The third-order valence-electron chi connectivity index (χ3n) is 3.94. The average molecular weight is 256 g/mol. The SMILES string of the molecule is OC1(c2ccc(Cl)cc2F)CC2CCC(C1)N2. The number of hydrogen-bond acceptors (Lipinski definition) is 2. The number of nitrogens with one attached hydrogen (secondary N) is 1. The standard InChI is InChI=1S/C13H15ClFNO/c14-8-1-4-11(12(15)5-8)13(17)6-9-2-3-10(7-13)16-9/h1,4-5,9-10,16-17H,2-3,6-7H2. The third kappa shape index (κ3) is 1.96. The van der Waals surface area contributed by atoms with Crippen LogP contribution in [0.15, 0.2) is 18.2 Å². The second-order valence-corrected chi connectivity index (χ2v) is 5.64. The van der Waals surface area contributed by atoms with Gasteiger partial charge in [0.25, 0.3) is 0 Å². The van der Waals surface area contributed by atoms with Gasteiger partial charge in [-0.2, -0.15) is 0 Å². The van der Waals surface area contributed by atoms with Crippen molar-refractivity contribution in [2.75, 3.05) is 0 Å². The van der Waals surface area contributed by atoms with E-state index in [0.717, 1.165) is 12.8 Å². The van der Waals surface area contributed by atoms with Gasteiger partial charge in [-0.15, -0.1) is 0 Å². The third-order valence-corrected chi connectivity index (χ3v) is 4.17. The van der Waals surface area contributed by atoms with E-state index in [1.807, 2.05) is 0 Å². The highest BCUT2D eigenvalue weighted by molar-refractivity contribution is 6.30. The summed E-state index contributed by atoms with van der Waals surface area (Å²) in [6.45, 7) is 0. The molecule has 2 nitrogen and oxygen atoms in total. The van der Waals surface area contributed by atoms with Crippen molar-refractivity contribution in [3.63, 3.8) is 0 Å². The Kier molecular flexibility index (Phi) is 2.65. The quantitative estimate of drug-likeness (QED) is 0.809. The first-order valence-corrected chi connectivity index (χ1v) is 6.39. The predicted octanol–water partition coefficient (Wildman–Crippen LogP) is 2.58. The van der Waals surface area contributed by atoms with Gasteiger partial charge in [0.05, 0.1) is 5.60 Å². The van der Waals surface area contributed by atoms with Gasteiger partial charge >= 0.3 is 0 Å². The minimum Gasteiger partial charge on any atom is -0.385 e. The number of benzene rings is 1. The van der Waals surface area contributed by atoms with Crippen molar-refractivity contribution in [2.24, 2.45) is 0 Å². The van der Waals surface area contributed by atoms with Crippen molar-refractivity contribution in [2.45, 2.75) is 43.4 Å². The molecule has 1 aromatic carbocycles. The molecule has 0 amide bonds. The minimum atomic E-state index is -1.04. The second kappa shape index (κ2) is 3.94. The Morgan fingerprint density at radius 3 is 2.53 bits per heavy atom. The van der Waals surface area contributed by atoms with E-state index in [4.69, 9.17) is 11.6 Å². The summed E-state index contributed by atoms with van der Waals surface area (Å²) in [5.41, 5.74) is -0.647. The fourth-order valence-electron chi connectivity index (χ4n) is 3.21. The maximum absolute atomic E-state index is 13.9. The lowest BCUT2D eigenvalue weighted by Gasteiger charge is -2.37. The van der Waals surface area contributed by atoms with Crippen molar-refractivity contribution in [3.8, 4) is 0 Å². The number of rotatable bonds is 1. The average Bonchev–Trinajstić information content (AvgIpc) is 2.58. The van der Waals surface area contributed by atoms with E-state index in [-0.39, 0.29) is 0 Å². The van der Waals surface area contributed by atoms with E-state index in [1.54, 1.807) is 12.1 Å². The summed E-state index contributed by atoms with van der Waals surface area (Å²) in [6.07, 6.45) is 3.31. The largest absolute Gasteiger partial charge is 0.385 e. The van der Waals surface area contributed by atoms with Crippen LogP contribution in [0.3, 0.4) is 0 Å². The molecule has 1 aromatic rings. The molecule has 2 atom stereocenters. The summed E-state index contributed by atoms with van der Waals surface area (Å²) < 4.78 is 13.9. The molecule has 0 radical (unpaired) electrons. The summed E-state index contributed by atoms with van der Waals surface area (Å²) in [5, 5.41) is 14.5. The molecule has 0 spiro atoms. The molecule has 2 N–H and O–H groups in total. The highest BCUT2D eigenvalue weighted by Crippen LogP contribution is 2.41. The monoisotopic (exact) mass is 255 g/mol. The summed E-state index contributed by atoms with van der Waals surface area (Å²) in [4.78, 5) is 0. The van der Waals surface area contributed by atoms with Crippen molar-refractivity contribution in [1.82, 2.24) is 5.32 Å². The van der Waals surface area contributed by atoms with Crippen LogP contribution in [-0.2, 0) is 5.60 Å². The first-order chi connectivity index (χ1) is 8.07. The number of aliphatic hydroxyl groups is 1. The Hall–Kier alpha value is -0.640. The van der Waals surface area contributed by atoms with Crippen molar-refractivity contribution in [1.29, 1.82) is 0 Å². The predicted molar refractivity (Wildman–Crippen MR) is 64.5 cm³/mol. The van der Waals surface area contributed by atoms with Crippen LogP contribution in [-0.4, -0.2) is 17.2 Å². The van der Waals surface area contributed by atoms with E-state index in [9.17, 15) is 9.50 Å². The van der Waals surface area contributed by atoms with Crippen LogP contribution in [0.25, 0.3) is 0 Å². The molecule has 0 aliphatic carbocycles. The van der Waals surface area contributed by atoms with Crippen molar-refractivity contribution >= 4 is 11.6 Å². The fraction of sp³-hybridized carbons (Fsp3) is 0.538. The van der Waals surface area contributed by atoms with E-state index in [1.165, 1.54) is 6.07 Å². The Morgan fingerprint density at radius 1 is 1.29 bits per heavy atom. The van der Waals surface area contributed by atoms with Crippen LogP contribution >= 0.6 is 11.6 Å². The van der Waals surface area contributed by atoms with Gasteiger partial charge in [0.15, 0.2) is 0 Å². The number of piperidine rings is 1. The molecular formula is C13H15ClFNO. The first kappa shape index (κ1) is 11.5. The smallest absolute Gasteiger partial charge is 0.130 e. The number of fused-ring (bicyclic) bond motifs is 2. The maximum Gasteiger partial charge on any atom is 0.130 e. The van der Waals surface area contributed by atoms with Gasteiger partial charge in [-0.05, 0) is 37.8 Å². The summed E-state index contributed by atoms with van der Waals surface area (Å²) in [5.74, 6) is -0.402. The molecule has 0 saturated carbocycles. The molecule has 2 bridgehead atoms.